The summed E-state index contributed by atoms with van der Waals surface area (Å²) in [4.78, 5) is 23.0. The lowest BCUT2D eigenvalue weighted by molar-refractivity contribution is -0.385. The lowest BCUT2D eigenvalue weighted by Gasteiger charge is -2.16. The maximum Gasteiger partial charge on any atom is 0.286 e. The van der Waals surface area contributed by atoms with Crippen LogP contribution < -0.4 is 14.8 Å². The SMILES string of the molecule is CCOc1cc([N+](=O)[O-])c(C(=O)NCCCN(C)S(=O)(=O)CC)cc1OC. The summed E-state index contributed by atoms with van der Waals surface area (Å²) in [5.74, 6) is -0.270. The third kappa shape index (κ3) is 6.07. The summed E-state index contributed by atoms with van der Waals surface area (Å²) in [6.45, 7) is 3.95. The molecule has 27 heavy (non-hydrogen) atoms. The van der Waals surface area contributed by atoms with E-state index in [1.807, 2.05) is 0 Å². The number of nitrogens with zero attached hydrogens (tertiary/aromatic N) is 2. The predicted molar refractivity (Wildman–Crippen MR) is 99.9 cm³/mol. The monoisotopic (exact) mass is 403 g/mol. The minimum atomic E-state index is -3.29. The molecule has 0 unspecified atom stereocenters. The van der Waals surface area contributed by atoms with Gasteiger partial charge in [-0.3, -0.25) is 14.9 Å². The molecule has 0 fully saturated rings. The van der Waals surface area contributed by atoms with Crippen LogP contribution >= 0.6 is 0 Å². The highest BCUT2D eigenvalue weighted by Crippen LogP contribution is 2.34. The molecule has 0 aliphatic rings. The van der Waals surface area contributed by atoms with E-state index in [9.17, 15) is 23.3 Å². The Balaban J connectivity index is 2.86. The molecule has 0 aliphatic heterocycles. The van der Waals surface area contributed by atoms with Crippen LogP contribution in [-0.4, -0.2) is 63.2 Å². The fourth-order valence-corrected chi connectivity index (χ4v) is 3.12. The van der Waals surface area contributed by atoms with Crippen molar-refractivity contribution in [2.24, 2.45) is 0 Å². The van der Waals surface area contributed by atoms with Crippen LogP contribution in [0.4, 0.5) is 5.69 Å². The summed E-state index contributed by atoms with van der Waals surface area (Å²) < 4.78 is 35.0. The molecule has 1 N–H and O–H groups in total. The fraction of sp³-hybridized carbons (Fsp3) is 0.562. The second-order valence-electron chi connectivity index (χ2n) is 5.54. The van der Waals surface area contributed by atoms with Gasteiger partial charge in [0.2, 0.25) is 10.0 Å². The molecule has 1 rings (SSSR count). The molecule has 10 nitrogen and oxygen atoms in total. The van der Waals surface area contributed by atoms with Gasteiger partial charge in [0.05, 0.1) is 30.5 Å². The number of hydrogen-bond acceptors (Lipinski definition) is 7. The zero-order valence-electron chi connectivity index (χ0n) is 15.9. The van der Waals surface area contributed by atoms with Gasteiger partial charge in [-0.05, 0) is 20.3 Å². The van der Waals surface area contributed by atoms with Crippen LogP contribution in [0.25, 0.3) is 0 Å². The van der Waals surface area contributed by atoms with Crippen molar-refractivity contribution in [1.82, 2.24) is 9.62 Å². The van der Waals surface area contributed by atoms with Gasteiger partial charge in [0, 0.05) is 26.2 Å². The third-order valence-electron chi connectivity index (χ3n) is 3.80. The van der Waals surface area contributed by atoms with Crippen LogP contribution in [0.3, 0.4) is 0 Å². The summed E-state index contributed by atoms with van der Waals surface area (Å²) in [5.41, 5.74) is -0.558. The molecule has 0 aliphatic carbocycles. The van der Waals surface area contributed by atoms with Gasteiger partial charge in [-0.25, -0.2) is 12.7 Å². The summed E-state index contributed by atoms with van der Waals surface area (Å²) in [7, 11) is -0.456. The second kappa shape index (κ2) is 10.1. The largest absolute Gasteiger partial charge is 0.493 e. The van der Waals surface area contributed by atoms with E-state index in [1.165, 1.54) is 24.5 Å². The highest BCUT2D eigenvalue weighted by molar-refractivity contribution is 7.89. The molecule has 1 aromatic rings. The maximum atomic E-state index is 12.4. The maximum absolute atomic E-state index is 12.4. The van der Waals surface area contributed by atoms with E-state index < -0.39 is 26.5 Å². The molecule has 1 aromatic carbocycles. The number of amides is 1. The smallest absolute Gasteiger partial charge is 0.286 e. The Bertz CT molecular complexity index is 780. The molecular formula is C16H25N3O7S. The highest BCUT2D eigenvalue weighted by Gasteiger charge is 2.24. The van der Waals surface area contributed by atoms with Gasteiger partial charge in [-0.1, -0.05) is 0 Å². The van der Waals surface area contributed by atoms with Crippen LogP contribution in [0.5, 0.6) is 11.5 Å². The van der Waals surface area contributed by atoms with E-state index in [1.54, 1.807) is 13.8 Å². The van der Waals surface area contributed by atoms with Crippen molar-refractivity contribution in [3.8, 4) is 11.5 Å². The number of nitrogens with one attached hydrogen (secondary N) is 1. The molecule has 1 amide bonds. The topological polar surface area (TPSA) is 128 Å². The molecule has 0 saturated heterocycles. The lowest BCUT2D eigenvalue weighted by atomic mass is 10.1. The van der Waals surface area contributed by atoms with Crippen LogP contribution in [0, 0.1) is 10.1 Å². The number of carbonyl (C=O) groups is 1. The van der Waals surface area contributed by atoms with E-state index in [0.29, 0.717) is 6.42 Å². The average Bonchev–Trinajstić information content (AvgIpc) is 2.64. The molecule has 11 heteroatoms. The summed E-state index contributed by atoms with van der Waals surface area (Å²) in [6.07, 6.45) is 0.365. The number of methoxy groups -OCH3 is 1. The Morgan fingerprint density at radius 1 is 1.30 bits per heavy atom. The Labute approximate surface area is 158 Å². The van der Waals surface area contributed by atoms with Gasteiger partial charge in [-0.2, -0.15) is 0 Å². The highest BCUT2D eigenvalue weighted by atomic mass is 32.2. The molecule has 0 bridgehead atoms. The number of nitro benzene ring substituents is 1. The van der Waals surface area contributed by atoms with E-state index in [0.717, 1.165) is 6.07 Å². The van der Waals surface area contributed by atoms with Crippen molar-refractivity contribution in [3.63, 3.8) is 0 Å². The van der Waals surface area contributed by atoms with E-state index in [4.69, 9.17) is 9.47 Å². The van der Waals surface area contributed by atoms with Crippen LogP contribution in [0.2, 0.25) is 0 Å². The van der Waals surface area contributed by atoms with Gasteiger partial charge < -0.3 is 14.8 Å². The van der Waals surface area contributed by atoms with Crippen molar-refractivity contribution in [3.05, 3.63) is 27.8 Å². The quantitative estimate of drug-likeness (QED) is 0.336. The number of carbonyl (C=O) groups excluding carboxylic acids is 1. The Morgan fingerprint density at radius 2 is 1.96 bits per heavy atom. The first-order valence-electron chi connectivity index (χ1n) is 8.39. The van der Waals surface area contributed by atoms with Crippen LogP contribution in [-0.2, 0) is 10.0 Å². The molecule has 0 heterocycles. The molecule has 152 valence electrons. The van der Waals surface area contributed by atoms with Gasteiger partial charge in [0.15, 0.2) is 11.5 Å². The van der Waals surface area contributed by atoms with Crippen molar-refractivity contribution in [2.45, 2.75) is 20.3 Å². The van der Waals surface area contributed by atoms with Gasteiger partial charge in [-0.15, -0.1) is 0 Å². The number of rotatable bonds is 11. The van der Waals surface area contributed by atoms with Crippen LogP contribution in [0.1, 0.15) is 30.6 Å². The lowest BCUT2D eigenvalue weighted by Crippen LogP contribution is -2.32. The first-order chi connectivity index (χ1) is 12.7. The summed E-state index contributed by atoms with van der Waals surface area (Å²) >= 11 is 0. The summed E-state index contributed by atoms with van der Waals surface area (Å²) in [5, 5.41) is 13.9. The minimum Gasteiger partial charge on any atom is -0.493 e. The normalized spacial score (nSPS) is 11.3. The van der Waals surface area contributed by atoms with E-state index in [2.05, 4.69) is 5.32 Å². The standard InChI is InChI=1S/C16H25N3O7S/c1-5-26-15-11-13(19(21)22)12(10-14(15)25-4)16(20)17-8-7-9-18(3)27(23,24)6-2/h10-11H,5-9H2,1-4H3,(H,17,20). The molecule has 0 saturated carbocycles. The molecule has 0 aromatic heterocycles. The van der Waals surface area contributed by atoms with Crippen molar-refractivity contribution in [1.29, 1.82) is 0 Å². The molecule has 0 spiro atoms. The summed E-state index contributed by atoms with van der Waals surface area (Å²) in [6, 6.07) is 2.41. The third-order valence-corrected chi connectivity index (χ3v) is 5.66. The number of sulfonamides is 1. The molecular weight excluding hydrogens is 378 g/mol. The minimum absolute atomic E-state index is 0.00592. The first kappa shape index (κ1) is 22.6. The Morgan fingerprint density at radius 3 is 2.48 bits per heavy atom. The van der Waals surface area contributed by atoms with Crippen molar-refractivity contribution in [2.75, 3.05) is 39.6 Å². The Hall–Kier alpha value is -2.40. The average molecular weight is 403 g/mol. The van der Waals surface area contributed by atoms with E-state index in [-0.39, 0.29) is 42.5 Å². The van der Waals surface area contributed by atoms with Gasteiger partial charge in [0.1, 0.15) is 5.56 Å². The molecule has 0 radical (unpaired) electrons. The number of hydrogen-bond donors (Lipinski definition) is 1. The first-order valence-corrected chi connectivity index (χ1v) is 10.00. The van der Waals surface area contributed by atoms with Crippen molar-refractivity contribution < 1.29 is 27.6 Å². The second-order valence-corrected chi connectivity index (χ2v) is 7.91. The number of ether oxygens (including phenoxy) is 2. The number of nitro groups is 1. The number of benzene rings is 1. The Kier molecular flexibility index (Phi) is 8.44. The zero-order valence-corrected chi connectivity index (χ0v) is 16.7. The molecule has 0 atom stereocenters. The van der Waals surface area contributed by atoms with Crippen LogP contribution in [0.15, 0.2) is 12.1 Å². The van der Waals surface area contributed by atoms with Crippen molar-refractivity contribution >= 4 is 21.6 Å². The van der Waals surface area contributed by atoms with E-state index >= 15 is 0 Å². The predicted octanol–water partition coefficient (Wildman–Crippen LogP) is 1.40. The zero-order chi connectivity index (χ0) is 20.6. The fourth-order valence-electron chi connectivity index (χ4n) is 2.27. The van der Waals surface area contributed by atoms with Gasteiger partial charge >= 0.3 is 0 Å². The van der Waals surface area contributed by atoms with Gasteiger partial charge in [0.25, 0.3) is 11.6 Å².